The summed E-state index contributed by atoms with van der Waals surface area (Å²) in [5, 5.41) is 0. The van der Waals surface area contributed by atoms with Gasteiger partial charge in [0.05, 0.1) is 0 Å². The summed E-state index contributed by atoms with van der Waals surface area (Å²) in [6.45, 7) is 6.07. The zero-order valence-corrected chi connectivity index (χ0v) is 11.2. The molecule has 2 atom stereocenters. The Hall–Kier alpha value is -0.570. The fraction of sp³-hybridized carbons (Fsp3) is 0.929. The van der Waals surface area contributed by atoms with E-state index < -0.39 is 0 Å². The van der Waals surface area contributed by atoms with Crippen LogP contribution in [-0.4, -0.2) is 29.9 Å². The molecule has 1 saturated carbocycles. The van der Waals surface area contributed by atoms with E-state index in [9.17, 15) is 4.79 Å². The number of amides is 1. The standard InChI is InChI=1S/C14H26N2O/c1-11-5-3-8-16(12(11)2)13(17)9-14(10-15)6-4-7-14/h11-12H,3-10,15H2,1-2H3. The fourth-order valence-electron chi connectivity index (χ4n) is 3.24. The van der Waals surface area contributed by atoms with Crippen LogP contribution < -0.4 is 5.73 Å². The van der Waals surface area contributed by atoms with Crippen LogP contribution in [0.1, 0.15) is 52.4 Å². The highest BCUT2D eigenvalue weighted by molar-refractivity contribution is 5.77. The molecule has 2 fully saturated rings. The Morgan fingerprint density at radius 2 is 2.06 bits per heavy atom. The summed E-state index contributed by atoms with van der Waals surface area (Å²) in [7, 11) is 0. The van der Waals surface area contributed by atoms with Crippen LogP contribution in [0.3, 0.4) is 0 Å². The highest BCUT2D eigenvalue weighted by Gasteiger charge is 2.40. The van der Waals surface area contributed by atoms with E-state index in [1.54, 1.807) is 0 Å². The lowest BCUT2D eigenvalue weighted by molar-refractivity contribution is -0.139. The molecule has 1 amide bonds. The van der Waals surface area contributed by atoms with Gasteiger partial charge in [-0.05, 0) is 50.5 Å². The molecule has 1 aliphatic carbocycles. The van der Waals surface area contributed by atoms with Gasteiger partial charge in [0.2, 0.25) is 5.91 Å². The van der Waals surface area contributed by atoms with E-state index in [4.69, 9.17) is 5.73 Å². The second-order valence-corrected chi connectivity index (χ2v) is 6.18. The molecule has 17 heavy (non-hydrogen) atoms. The van der Waals surface area contributed by atoms with Crippen molar-refractivity contribution in [3.8, 4) is 0 Å². The van der Waals surface area contributed by atoms with Gasteiger partial charge in [-0.3, -0.25) is 4.79 Å². The zero-order chi connectivity index (χ0) is 12.5. The first kappa shape index (κ1) is 12.9. The molecule has 0 spiro atoms. The minimum absolute atomic E-state index is 0.150. The SMILES string of the molecule is CC1CCCN(C(=O)CC2(CN)CCC2)C1C. The molecule has 2 rings (SSSR count). The monoisotopic (exact) mass is 238 g/mol. The highest BCUT2D eigenvalue weighted by Crippen LogP contribution is 2.43. The molecule has 2 unspecified atom stereocenters. The first-order chi connectivity index (χ1) is 8.08. The molecule has 98 valence electrons. The molecule has 0 radical (unpaired) electrons. The Kier molecular flexibility index (Phi) is 3.76. The van der Waals surface area contributed by atoms with Gasteiger partial charge in [-0.2, -0.15) is 0 Å². The van der Waals surface area contributed by atoms with Gasteiger partial charge in [-0.1, -0.05) is 13.3 Å². The number of nitrogens with zero attached hydrogens (tertiary/aromatic N) is 1. The van der Waals surface area contributed by atoms with Crippen molar-refractivity contribution in [1.29, 1.82) is 0 Å². The van der Waals surface area contributed by atoms with Crippen LogP contribution in [0, 0.1) is 11.3 Å². The lowest BCUT2D eigenvalue weighted by Gasteiger charge is -2.44. The number of carbonyl (C=O) groups excluding carboxylic acids is 1. The number of hydrogen-bond acceptors (Lipinski definition) is 2. The summed E-state index contributed by atoms with van der Waals surface area (Å²) in [6.07, 6.45) is 6.64. The summed E-state index contributed by atoms with van der Waals surface area (Å²) >= 11 is 0. The highest BCUT2D eigenvalue weighted by atomic mass is 16.2. The third-order valence-electron chi connectivity index (χ3n) is 5.07. The molecule has 0 aromatic carbocycles. The van der Waals surface area contributed by atoms with E-state index in [1.165, 1.54) is 12.8 Å². The molecule has 0 bridgehead atoms. The van der Waals surface area contributed by atoms with Crippen LogP contribution in [0.4, 0.5) is 0 Å². The number of nitrogens with two attached hydrogens (primary N) is 1. The number of carbonyl (C=O) groups is 1. The lowest BCUT2D eigenvalue weighted by atomic mass is 9.66. The first-order valence-corrected chi connectivity index (χ1v) is 7.07. The van der Waals surface area contributed by atoms with E-state index >= 15 is 0 Å². The molecule has 0 aromatic heterocycles. The maximum Gasteiger partial charge on any atom is 0.223 e. The molecular formula is C14H26N2O. The van der Waals surface area contributed by atoms with Gasteiger partial charge in [0.15, 0.2) is 0 Å². The molecule has 1 heterocycles. The summed E-state index contributed by atoms with van der Waals surface area (Å²) < 4.78 is 0. The fourth-order valence-corrected chi connectivity index (χ4v) is 3.24. The summed E-state index contributed by atoms with van der Waals surface area (Å²) in [5.41, 5.74) is 5.99. The van der Waals surface area contributed by atoms with Gasteiger partial charge >= 0.3 is 0 Å². The molecule has 2 aliphatic rings. The van der Waals surface area contributed by atoms with E-state index in [0.29, 0.717) is 30.8 Å². The molecule has 1 saturated heterocycles. The normalized spacial score (nSPS) is 32.1. The van der Waals surface area contributed by atoms with Crippen LogP contribution in [0.25, 0.3) is 0 Å². The second-order valence-electron chi connectivity index (χ2n) is 6.18. The van der Waals surface area contributed by atoms with Gasteiger partial charge in [-0.25, -0.2) is 0 Å². The zero-order valence-electron chi connectivity index (χ0n) is 11.2. The number of likely N-dealkylation sites (tertiary alicyclic amines) is 1. The van der Waals surface area contributed by atoms with E-state index in [2.05, 4.69) is 18.7 Å². The average molecular weight is 238 g/mol. The number of rotatable bonds is 3. The molecule has 2 N–H and O–H groups in total. The smallest absolute Gasteiger partial charge is 0.223 e. The van der Waals surface area contributed by atoms with Crippen molar-refractivity contribution < 1.29 is 4.79 Å². The Balaban J connectivity index is 1.95. The minimum Gasteiger partial charge on any atom is -0.340 e. The Morgan fingerprint density at radius 3 is 2.59 bits per heavy atom. The maximum atomic E-state index is 12.4. The van der Waals surface area contributed by atoms with Crippen LogP contribution in [0.2, 0.25) is 0 Å². The van der Waals surface area contributed by atoms with Crippen molar-refractivity contribution in [2.24, 2.45) is 17.1 Å². The van der Waals surface area contributed by atoms with Crippen molar-refractivity contribution in [3.63, 3.8) is 0 Å². The quantitative estimate of drug-likeness (QED) is 0.819. The summed E-state index contributed by atoms with van der Waals surface area (Å²) in [5.74, 6) is 0.983. The molecule has 3 heteroatoms. The van der Waals surface area contributed by atoms with Gasteiger partial charge in [0, 0.05) is 19.0 Å². The lowest BCUT2D eigenvalue weighted by Crippen LogP contribution is -2.49. The van der Waals surface area contributed by atoms with Gasteiger partial charge in [0.25, 0.3) is 0 Å². The van der Waals surface area contributed by atoms with Gasteiger partial charge in [0.1, 0.15) is 0 Å². The van der Waals surface area contributed by atoms with Crippen molar-refractivity contribution >= 4 is 5.91 Å². The van der Waals surface area contributed by atoms with E-state index in [1.807, 2.05) is 0 Å². The van der Waals surface area contributed by atoms with E-state index in [-0.39, 0.29) is 5.41 Å². The van der Waals surface area contributed by atoms with Crippen LogP contribution >= 0.6 is 0 Å². The predicted molar refractivity (Wildman–Crippen MR) is 69.5 cm³/mol. The Labute approximate surface area is 105 Å². The minimum atomic E-state index is 0.150. The van der Waals surface area contributed by atoms with Crippen molar-refractivity contribution in [2.75, 3.05) is 13.1 Å². The summed E-state index contributed by atoms with van der Waals surface area (Å²) in [6, 6.07) is 0.408. The predicted octanol–water partition coefficient (Wildman–Crippen LogP) is 2.15. The third-order valence-corrected chi connectivity index (χ3v) is 5.07. The topological polar surface area (TPSA) is 46.3 Å². The third kappa shape index (κ3) is 2.49. The molecule has 1 aliphatic heterocycles. The molecular weight excluding hydrogens is 212 g/mol. The molecule has 0 aromatic rings. The average Bonchev–Trinajstić information content (AvgIpc) is 2.27. The summed E-state index contributed by atoms with van der Waals surface area (Å²) in [4.78, 5) is 14.5. The Bertz CT molecular complexity index is 280. The maximum absolute atomic E-state index is 12.4. The molecule has 3 nitrogen and oxygen atoms in total. The van der Waals surface area contributed by atoms with Crippen molar-refractivity contribution in [2.45, 2.75) is 58.4 Å². The van der Waals surface area contributed by atoms with Gasteiger partial charge in [-0.15, -0.1) is 0 Å². The van der Waals surface area contributed by atoms with Crippen LogP contribution in [-0.2, 0) is 4.79 Å². The van der Waals surface area contributed by atoms with Crippen molar-refractivity contribution in [1.82, 2.24) is 4.90 Å². The van der Waals surface area contributed by atoms with Crippen LogP contribution in [0.5, 0.6) is 0 Å². The van der Waals surface area contributed by atoms with E-state index in [0.717, 1.165) is 25.8 Å². The first-order valence-electron chi connectivity index (χ1n) is 7.07. The number of piperidine rings is 1. The van der Waals surface area contributed by atoms with Crippen molar-refractivity contribution in [3.05, 3.63) is 0 Å². The Morgan fingerprint density at radius 1 is 1.35 bits per heavy atom. The second kappa shape index (κ2) is 4.97. The number of hydrogen-bond donors (Lipinski definition) is 1. The largest absolute Gasteiger partial charge is 0.340 e. The van der Waals surface area contributed by atoms with Crippen LogP contribution in [0.15, 0.2) is 0 Å². The van der Waals surface area contributed by atoms with Gasteiger partial charge < -0.3 is 10.6 Å².